The second kappa shape index (κ2) is 5.25. The van der Waals surface area contributed by atoms with Crippen LogP contribution in [0.1, 0.15) is 5.69 Å². The molecule has 8 heteroatoms. The lowest BCUT2D eigenvalue weighted by atomic mass is 10.3. The van der Waals surface area contributed by atoms with Gasteiger partial charge in [-0.1, -0.05) is 18.2 Å². The minimum Gasteiger partial charge on any atom is -0.480 e. The number of nitrogens with zero attached hydrogens (tertiary/aromatic N) is 4. The SMILES string of the molecule is COc1cncc(C2=NS(=O)N(c3ccccc3)N2)n1. The predicted molar refractivity (Wildman–Crippen MR) is 75.3 cm³/mol. The van der Waals surface area contributed by atoms with E-state index in [0.29, 0.717) is 17.4 Å². The van der Waals surface area contributed by atoms with Crippen molar-refractivity contribution in [3.05, 3.63) is 48.4 Å². The maximum atomic E-state index is 12.0. The summed E-state index contributed by atoms with van der Waals surface area (Å²) in [6, 6.07) is 9.27. The average molecular weight is 289 g/mol. The van der Waals surface area contributed by atoms with Gasteiger partial charge >= 0.3 is 0 Å². The van der Waals surface area contributed by atoms with Crippen LogP contribution in [0.5, 0.6) is 5.88 Å². The third kappa shape index (κ3) is 2.32. The van der Waals surface area contributed by atoms with E-state index in [2.05, 4.69) is 19.8 Å². The van der Waals surface area contributed by atoms with Gasteiger partial charge < -0.3 is 4.74 Å². The zero-order valence-corrected chi connectivity index (χ0v) is 11.4. The number of hydrogen-bond acceptors (Lipinski definition) is 5. The second-order valence-electron chi connectivity index (χ2n) is 3.86. The van der Waals surface area contributed by atoms with Gasteiger partial charge in [-0.15, -0.1) is 4.40 Å². The quantitative estimate of drug-likeness (QED) is 0.905. The fourth-order valence-corrected chi connectivity index (χ4v) is 2.50. The van der Waals surface area contributed by atoms with Crippen LogP contribution >= 0.6 is 0 Å². The van der Waals surface area contributed by atoms with Crippen molar-refractivity contribution in [2.75, 3.05) is 11.5 Å². The lowest BCUT2D eigenvalue weighted by Gasteiger charge is -2.15. The molecule has 7 nitrogen and oxygen atoms in total. The van der Waals surface area contributed by atoms with Gasteiger partial charge in [-0.05, 0) is 12.1 Å². The number of amidine groups is 1. The van der Waals surface area contributed by atoms with Crippen LogP contribution in [-0.4, -0.2) is 27.1 Å². The van der Waals surface area contributed by atoms with Gasteiger partial charge in [-0.25, -0.2) is 9.19 Å². The molecule has 0 spiro atoms. The maximum Gasteiger partial charge on any atom is 0.267 e. The van der Waals surface area contributed by atoms with Gasteiger partial charge in [0.25, 0.3) is 11.2 Å². The minimum absolute atomic E-state index is 0.371. The molecule has 1 N–H and O–H groups in total. The van der Waals surface area contributed by atoms with Crippen molar-refractivity contribution in [3.8, 4) is 5.88 Å². The summed E-state index contributed by atoms with van der Waals surface area (Å²) in [5.74, 6) is 0.759. The molecular weight excluding hydrogens is 278 g/mol. The summed E-state index contributed by atoms with van der Waals surface area (Å²) in [4.78, 5) is 8.19. The van der Waals surface area contributed by atoms with Crippen LogP contribution in [0.2, 0.25) is 0 Å². The standard InChI is InChI=1S/C12H11N5O2S/c1-19-11-8-13-7-10(14-11)12-15-17(20(18)16-12)9-5-3-2-4-6-9/h2-8H,1H3,(H,15,16). The first-order valence-corrected chi connectivity index (χ1v) is 6.83. The third-order valence-electron chi connectivity index (χ3n) is 2.59. The number of methoxy groups -OCH3 is 1. The number of anilines is 1. The molecule has 0 radical (unpaired) electrons. The fraction of sp³-hybridized carbons (Fsp3) is 0.0833. The summed E-state index contributed by atoms with van der Waals surface area (Å²) >= 11 is -1.55. The Morgan fingerprint density at radius 3 is 2.80 bits per heavy atom. The molecule has 0 bridgehead atoms. The van der Waals surface area contributed by atoms with Crippen molar-refractivity contribution < 1.29 is 8.95 Å². The van der Waals surface area contributed by atoms with Gasteiger partial charge in [0, 0.05) is 0 Å². The zero-order chi connectivity index (χ0) is 13.9. The molecule has 0 saturated heterocycles. The maximum absolute atomic E-state index is 12.0. The van der Waals surface area contributed by atoms with Gasteiger partial charge in [-0.2, -0.15) is 4.41 Å². The third-order valence-corrected chi connectivity index (χ3v) is 3.54. The van der Waals surface area contributed by atoms with E-state index in [1.54, 1.807) is 0 Å². The predicted octanol–water partition coefficient (Wildman–Crippen LogP) is 0.835. The Morgan fingerprint density at radius 1 is 1.25 bits per heavy atom. The summed E-state index contributed by atoms with van der Waals surface area (Å²) in [6.07, 6.45) is 3.02. The van der Waals surface area contributed by atoms with E-state index in [4.69, 9.17) is 4.74 Å². The van der Waals surface area contributed by atoms with Crippen LogP contribution in [0.15, 0.2) is 47.1 Å². The highest BCUT2D eigenvalue weighted by Gasteiger charge is 2.25. The molecule has 0 aliphatic carbocycles. The average Bonchev–Trinajstić information content (AvgIpc) is 2.90. The van der Waals surface area contributed by atoms with Gasteiger partial charge in [0.15, 0.2) is 5.84 Å². The van der Waals surface area contributed by atoms with E-state index in [0.717, 1.165) is 5.69 Å². The van der Waals surface area contributed by atoms with Crippen LogP contribution in [0.4, 0.5) is 5.69 Å². The van der Waals surface area contributed by atoms with Crippen molar-refractivity contribution in [1.29, 1.82) is 0 Å². The molecule has 0 fully saturated rings. The first kappa shape index (κ1) is 12.5. The van der Waals surface area contributed by atoms with Crippen LogP contribution in [-0.2, 0) is 11.2 Å². The Labute approximate surface area is 118 Å². The molecule has 0 amide bonds. The van der Waals surface area contributed by atoms with Crippen molar-refractivity contribution in [1.82, 2.24) is 15.4 Å². The summed E-state index contributed by atoms with van der Waals surface area (Å²) in [6.45, 7) is 0. The number of rotatable bonds is 3. The molecule has 1 unspecified atom stereocenters. The highest BCUT2D eigenvalue weighted by Crippen LogP contribution is 2.18. The molecule has 1 aliphatic rings. The highest BCUT2D eigenvalue weighted by atomic mass is 32.2. The molecule has 102 valence electrons. The molecule has 1 atom stereocenters. The van der Waals surface area contributed by atoms with Gasteiger partial charge in [0.2, 0.25) is 5.88 Å². The topological polar surface area (TPSA) is 79.7 Å². The molecule has 20 heavy (non-hydrogen) atoms. The van der Waals surface area contributed by atoms with E-state index < -0.39 is 11.2 Å². The molecular formula is C12H11N5O2S. The smallest absolute Gasteiger partial charge is 0.267 e. The molecule has 1 aliphatic heterocycles. The number of nitrogens with one attached hydrogen (secondary N) is 1. The Kier molecular flexibility index (Phi) is 3.30. The molecule has 3 rings (SSSR count). The number of hydrazine groups is 1. The minimum atomic E-state index is -1.55. The van der Waals surface area contributed by atoms with Gasteiger partial charge in [-0.3, -0.25) is 10.4 Å². The summed E-state index contributed by atoms with van der Waals surface area (Å²) in [5, 5.41) is 0. The van der Waals surface area contributed by atoms with Crippen LogP contribution in [0.3, 0.4) is 0 Å². The molecule has 2 aromatic rings. The Bertz CT molecular complexity index is 677. The van der Waals surface area contributed by atoms with E-state index in [1.807, 2.05) is 30.3 Å². The molecule has 1 aromatic carbocycles. The highest BCUT2D eigenvalue weighted by molar-refractivity contribution is 7.85. The Hall–Kier alpha value is -2.48. The van der Waals surface area contributed by atoms with E-state index in [9.17, 15) is 4.21 Å². The van der Waals surface area contributed by atoms with Crippen LogP contribution in [0, 0.1) is 0 Å². The summed E-state index contributed by atoms with van der Waals surface area (Å²) in [5.41, 5.74) is 4.17. The van der Waals surface area contributed by atoms with Crippen molar-refractivity contribution in [2.24, 2.45) is 4.40 Å². The van der Waals surface area contributed by atoms with E-state index in [1.165, 1.54) is 23.9 Å². The lowest BCUT2D eigenvalue weighted by Crippen LogP contribution is -2.37. The van der Waals surface area contributed by atoms with Crippen molar-refractivity contribution in [2.45, 2.75) is 0 Å². The first-order valence-electron chi connectivity index (χ1n) is 5.77. The largest absolute Gasteiger partial charge is 0.480 e. The van der Waals surface area contributed by atoms with E-state index in [-0.39, 0.29) is 0 Å². The number of aromatic nitrogens is 2. The second-order valence-corrected chi connectivity index (χ2v) is 4.87. The molecule has 0 saturated carbocycles. The van der Waals surface area contributed by atoms with Crippen molar-refractivity contribution >= 4 is 22.7 Å². The van der Waals surface area contributed by atoms with Gasteiger partial charge in [0.05, 0.1) is 25.2 Å². The Balaban J connectivity index is 1.87. The normalized spacial score (nSPS) is 17.6. The van der Waals surface area contributed by atoms with Crippen LogP contribution in [0.25, 0.3) is 0 Å². The molecule has 2 heterocycles. The lowest BCUT2D eigenvalue weighted by molar-refractivity contribution is 0.395. The van der Waals surface area contributed by atoms with Crippen molar-refractivity contribution in [3.63, 3.8) is 0 Å². The molecule has 1 aromatic heterocycles. The van der Waals surface area contributed by atoms with Gasteiger partial charge in [0.1, 0.15) is 5.69 Å². The first-order chi connectivity index (χ1) is 9.78. The number of para-hydroxylation sites is 1. The Morgan fingerprint density at radius 2 is 2.05 bits per heavy atom. The summed E-state index contributed by atoms with van der Waals surface area (Å²) < 4.78 is 22.5. The number of benzene rings is 1. The monoisotopic (exact) mass is 289 g/mol. The number of ether oxygens (including phenoxy) is 1. The zero-order valence-electron chi connectivity index (χ0n) is 10.6. The summed E-state index contributed by atoms with van der Waals surface area (Å²) in [7, 11) is 1.51. The van der Waals surface area contributed by atoms with E-state index >= 15 is 0 Å². The number of hydrogen-bond donors (Lipinski definition) is 1. The fourth-order valence-electron chi connectivity index (χ4n) is 1.66. The van der Waals surface area contributed by atoms with Crippen LogP contribution < -0.4 is 14.6 Å².